The minimum absolute atomic E-state index is 0. The number of hydrogen-bond donors (Lipinski definition) is 1. The molecule has 2 heterocycles. The highest BCUT2D eigenvalue weighted by Crippen LogP contribution is 2.28. The van der Waals surface area contributed by atoms with E-state index in [1.165, 1.54) is 0 Å². The molecule has 1 aromatic heterocycles. The van der Waals surface area contributed by atoms with Crippen molar-refractivity contribution in [3.63, 3.8) is 0 Å². The maximum absolute atomic E-state index is 12.9. The molecule has 5 nitrogen and oxygen atoms in total. The second-order valence-corrected chi connectivity index (χ2v) is 6.52. The summed E-state index contributed by atoms with van der Waals surface area (Å²) in [5.74, 6) is 0. The van der Waals surface area contributed by atoms with Gasteiger partial charge in [-0.1, -0.05) is 12.1 Å². The standard InChI is InChI=1S/C21H27F3N4O.3ClH/c1-26-11-13-27(14-12-26)10-2-9-25-19-6-3-17(4-7-19)15-28-16-18(21(22,23)24)5-8-20(28)29;;;/h3-8,16,25H,2,9-15H2,1H3;3*1H/i11D2,12D2,13D2,14D2;;;. The van der Waals surface area contributed by atoms with Crippen molar-refractivity contribution in [3.8, 4) is 0 Å². The molecular weight excluding hydrogens is 488 g/mol. The predicted octanol–water partition coefficient (Wildman–Crippen LogP) is 4.23. The van der Waals surface area contributed by atoms with E-state index in [2.05, 4.69) is 5.32 Å². The largest absolute Gasteiger partial charge is 0.417 e. The van der Waals surface area contributed by atoms with Gasteiger partial charge in [-0.25, -0.2) is 0 Å². The number of piperazine rings is 1. The van der Waals surface area contributed by atoms with E-state index in [0.29, 0.717) is 21.1 Å². The molecule has 1 aliphatic heterocycles. The average Bonchev–Trinajstić information content (AvgIpc) is 2.78. The predicted molar refractivity (Wildman–Crippen MR) is 130 cm³/mol. The van der Waals surface area contributed by atoms with Crippen LogP contribution in [0.4, 0.5) is 18.9 Å². The smallest absolute Gasteiger partial charge is 0.385 e. The molecule has 0 amide bonds. The molecule has 0 radical (unpaired) electrons. The second kappa shape index (κ2) is 14.0. The van der Waals surface area contributed by atoms with Crippen LogP contribution in [0.25, 0.3) is 0 Å². The lowest BCUT2D eigenvalue weighted by Gasteiger charge is -2.32. The van der Waals surface area contributed by atoms with Crippen molar-refractivity contribution in [2.75, 3.05) is 51.4 Å². The molecule has 182 valence electrons. The Bertz CT molecular complexity index is 1160. The van der Waals surface area contributed by atoms with Crippen LogP contribution in [0.15, 0.2) is 47.4 Å². The summed E-state index contributed by atoms with van der Waals surface area (Å²) in [6.45, 7) is -11.4. The van der Waals surface area contributed by atoms with Crippen LogP contribution in [0.1, 0.15) is 28.5 Å². The van der Waals surface area contributed by atoms with E-state index in [4.69, 9.17) is 11.0 Å². The van der Waals surface area contributed by atoms with E-state index in [9.17, 15) is 18.0 Å². The Labute approximate surface area is 216 Å². The van der Waals surface area contributed by atoms with Crippen molar-refractivity contribution >= 4 is 42.9 Å². The third kappa shape index (κ3) is 9.19. The zero-order chi connectivity index (χ0) is 28.0. The zero-order valence-corrected chi connectivity index (χ0v) is 19.4. The minimum Gasteiger partial charge on any atom is -0.385 e. The van der Waals surface area contributed by atoms with Crippen LogP contribution in [0, 0.1) is 0 Å². The number of likely N-dealkylation sites (N-methyl/N-ethyl adjacent to an activating group) is 1. The van der Waals surface area contributed by atoms with Gasteiger partial charge in [0.2, 0.25) is 0 Å². The monoisotopic (exact) mass is 524 g/mol. The van der Waals surface area contributed by atoms with Gasteiger partial charge in [-0.3, -0.25) is 4.79 Å². The molecule has 0 bridgehead atoms. The molecule has 1 N–H and O–H groups in total. The molecule has 3 rings (SSSR count). The van der Waals surface area contributed by atoms with Crippen molar-refractivity contribution in [2.45, 2.75) is 19.1 Å². The number of hydrogen-bond acceptors (Lipinski definition) is 4. The van der Waals surface area contributed by atoms with Gasteiger partial charge >= 0.3 is 6.18 Å². The molecule has 0 aliphatic carbocycles. The number of anilines is 1. The number of aromatic nitrogens is 1. The lowest BCUT2D eigenvalue weighted by atomic mass is 10.2. The number of alkyl halides is 3. The number of nitrogens with zero attached hydrogens (tertiary/aromatic N) is 3. The van der Waals surface area contributed by atoms with Crippen LogP contribution in [0.5, 0.6) is 0 Å². The molecule has 0 atom stereocenters. The number of rotatable bonds is 7. The Morgan fingerprint density at radius 1 is 1.00 bits per heavy atom. The van der Waals surface area contributed by atoms with Crippen LogP contribution >= 0.6 is 37.2 Å². The maximum Gasteiger partial charge on any atom is 0.417 e. The summed E-state index contributed by atoms with van der Waals surface area (Å²) < 4.78 is 105. The average molecular weight is 526 g/mol. The number of nitrogens with one attached hydrogen (secondary N) is 1. The first-order valence-electron chi connectivity index (χ1n) is 13.0. The van der Waals surface area contributed by atoms with Gasteiger partial charge in [0.1, 0.15) is 0 Å². The molecule has 11 heteroatoms. The highest BCUT2D eigenvalue weighted by Gasteiger charge is 2.31. The van der Waals surface area contributed by atoms with E-state index < -0.39 is 43.3 Å². The summed E-state index contributed by atoms with van der Waals surface area (Å²) >= 11 is 0. The van der Waals surface area contributed by atoms with E-state index in [1.54, 1.807) is 24.3 Å². The van der Waals surface area contributed by atoms with E-state index in [-0.39, 0.29) is 63.3 Å². The third-order valence-electron chi connectivity index (χ3n) is 4.21. The fraction of sp³-hybridized carbons (Fsp3) is 0.476. The molecule has 1 aliphatic rings. The summed E-state index contributed by atoms with van der Waals surface area (Å²) in [7, 11) is 1.00. The minimum atomic E-state index is -4.57. The highest BCUT2D eigenvalue weighted by atomic mass is 35.5. The van der Waals surface area contributed by atoms with Crippen molar-refractivity contribution in [1.29, 1.82) is 0 Å². The number of benzene rings is 1. The van der Waals surface area contributed by atoms with Crippen LogP contribution in [-0.4, -0.2) is 60.5 Å². The molecule has 0 spiro atoms. The first-order valence-corrected chi connectivity index (χ1v) is 8.95. The van der Waals surface area contributed by atoms with Gasteiger partial charge in [0.05, 0.1) is 12.1 Å². The first kappa shape index (κ1) is 18.9. The third-order valence-corrected chi connectivity index (χ3v) is 4.21. The first-order chi connectivity index (χ1) is 16.8. The second-order valence-electron chi connectivity index (χ2n) is 6.52. The zero-order valence-electron chi connectivity index (χ0n) is 25.0. The van der Waals surface area contributed by atoms with Crippen LogP contribution in [0.3, 0.4) is 0 Å². The summed E-state index contributed by atoms with van der Waals surface area (Å²) in [5, 5.41) is 3.03. The van der Waals surface area contributed by atoms with Crippen LogP contribution < -0.4 is 10.9 Å². The fourth-order valence-electron chi connectivity index (χ4n) is 2.66. The van der Waals surface area contributed by atoms with E-state index in [1.807, 2.05) is 0 Å². The summed E-state index contributed by atoms with van der Waals surface area (Å²) in [5.41, 5.74) is -0.321. The molecule has 32 heavy (non-hydrogen) atoms. The summed E-state index contributed by atoms with van der Waals surface area (Å²) in [4.78, 5) is 12.9. The van der Waals surface area contributed by atoms with Gasteiger partial charge in [0.25, 0.3) is 5.56 Å². The van der Waals surface area contributed by atoms with E-state index >= 15 is 0 Å². The van der Waals surface area contributed by atoms with E-state index in [0.717, 1.165) is 29.9 Å². The van der Waals surface area contributed by atoms with Gasteiger partial charge in [-0.2, -0.15) is 13.2 Å². The molecule has 2 aromatic rings. The Balaban J connectivity index is 0.00000507. The van der Waals surface area contributed by atoms with Crippen LogP contribution in [-0.2, 0) is 12.7 Å². The lowest BCUT2D eigenvalue weighted by Crippen LogP contribution is -2.44. The van der Waals surface area contributed by atoms with Crippen molar-refractivity contribution in [2.24, 2.45) is 0 Å². The Kier molecular flexibility index (Phi) is 8.25. The quantitative estimate of drug-likeness (QED) is 0.549. The van der Waals surface area contributed by atoms with Crippen molar-refractivity contribution in [1.82, 2.24) is 14.4 Å². The van der Waals surface area contributed by atoms with Gasteiger partial charge < -0.3 is 19.7 Å². The Morgan fingerprint density at radius 3 is 2.22 bits per heavy atom. The molecule has 0 saturated carbocycles. The molecular formula is C21H30Cl3F3N4O. The topological polar surface area (TPSA) is 40.5 Å². The van der Waals surface area contributed by atoms with Gasteiger partial charge in [-0.15, -0.1) is 37.2 Å². The van der Waals surface area contributed by atoms with Crippen molar-refractivity contribution < 1.29 is 24.1 Å². The fourth-order valence-corrected chi connectivity index (χ4v) is 2.66. The SMILES string of the molecule is Cl.Cl.Cl.[2H]C1([2H])N(C)C([2H])([2H])C([2H])([2H])N(CCCNc2ccc(Cn3cc(C(F)(F)F)ccc3=O)cc2)C1([2H])[2H]. The summed E-state index contributed by atoms with van der Waals surface area (Å²) in [6, 6.07) is 8.11. The molecule has 1 saturated heterocycles. The van der Waals surface area contributed by atoms with Gasteiger partial charge in [0, 0.05) is 61.4 Å². The molecule has 1 fully saturated rings. The number of halogens is 6. The number of pyridine rings is 1. The van der Waals surface area contributed by atoms with Crippen LogP contribution in [0.2, 0.25) is 0 Å². The van der Waals surface area contributed by atoms with Crippen molar-refractivity contribution in [3.05, 3.63) is 64.1 Å². The maximum atomic E-state index is 12.9. The normalized spacial score (nSPS) is 24.6. The van der Waals surface area contributed by atoms with Gasteiger partial charge in [-0.05, 0) is 43.8 Å². The highest BCUT2D eigenvalue weighted by molar-refractivity contribution is 5.86. The molecule has 0 unspecified atom stereocenters. The molecule has 1 aromatic carbocycles. The Hall–Kier alpha value is -1.45. The Morgan fingerprint density at radius 2 is 1.62 bits per heavy atom. The lowest BCUT2D eigenvalue weighted by molar-refractivity contribution is -0.138. The van der Waals surface area contributed by atoms with Gasteiger partial charge in [0.15, 0.2) is 0 Å². The summed E-state index contributed by atoms with van der Waals surface area (Å²) in [6.07, 6.45) is -3.66.